The van der Waals surface area contributed by atoms with Crippen LogP contribution in [0.25, 0.3) is 0 Å². The SMILES string of the molecule is CN1CCN(C(=O)Cc2ccc[nH]c2=O)CC1. The number of nitrogens with one attached hydrogen (secondary N) is 1. The van der Waals surface area contributed by atoms with E-state index in [4.69, 9.17) is 0 Å². The molecule has 0 aliphatic carbocycles. The van der Waals surface area contributed by atoms with Crippen LogP contribution in [0.15, 0.2) is 23.1 Å². The number of aromatic amines is 1. The van der Waals surface area contributed by atoms with Gasteiger partial charge in [0.1, 0.15) is 0 Å². The first kappa shape index (κ1) is 11.9. The van der Waals surface area contributed by atoms with Crippen LogP contribution < -0.4 is 5.56 Å². The van der Waals surface area contributed by atoms with Crippen LogP contribution in [0.5, 0.6) is 0 Å². The molecule has 0 unspecified atom stereocenters. The molecule has 0 saturated carbocycles. The summed E-state index contributed by atoms with van der Waals surface area (Å²) in [5.74, 6) is 0.0369. The van der Waals surface area contributed by atoms with E-state index in [1.165, 1.54) is 0 Å². The van der Waals surface area contributed by atoms with Crippen molar-refractivity contribution in [2.24, 2.45) is 0 Å². The number of carbonyl (C=O) groups is 1. The predicted molar refractivity (Wildman–Crippen MR) is 64.8 cm³/mol. The summed E-state index contributed by atoms with van der Waals surface area (Å²) in [6.45, 7) is 3.30. The minimum atomic E-state index is -0.171. The molecule has 0 bridgehead atoms. The quantitative estimate of drug-likeness (QED) is 0.765. The van der Waals surface area contributed by atoms with Crippen molar-refractivity contribution >= 4 is 5.91 Å². The van der Waals surface area contributed by atoms with Gasteiger partial charge >= 0.3 is 0 Å². The first-order valence-corrected chi connectivity index (χ1v) is 5.80. The van der Waals surface area contributed by atoms with Gasteiger partial charge in [-0.1, -0.05) is 6.07 Å². The third-order valence-corrected chi connectivity index (χ3v) is 3.10. The Morgan fingerprint density at radius 3 is 2.71 bits per heavy atom. The van der Waals surface area contributed by atoms with Crippen molar-refractivity contribution in [3.05, 3.63) is 34.2 Å². The van der Waals surface area contributed by atoms with E-state index in [2.05, 4.69) is 9.88 Å². The molecule has 1 aromatic rings. The van der Waals surface area contributed by atoms with Gasteiger partial charge in [-0.05, 0) is 13.1 Å². The average Bonchev–Trinajstić information content (AvgIpc) is 2.33. The van der Waals surface area contributed by atoms with Crippen LogP contribution in [-0.4, -0.2) is 53.9 Å². The fourth-order valence-electron chi connectivity index (χ4n) is 1.93. The number of nitrogens with zero attached hydrogens (tertiary/aromatic N) is 2. The molecule has 92 valence electrons. The number of likely N-dealkylation sites (N-methyl/N-ethyl adjacent to an activating group) is 1. The molecule has 0 atom stereocenters. The second kappa shape index (κ2) is 5.14. The van der Waals surface area contributed by atoms with E-state index in [0.29, 0.717) is 5.56 Å². The van der Waals surface area contributed by atoms with Crippen LogP contribution in [0.3, 0.4) is 0 Å². The Kier molecular flexibility index (Phi) is 3.58. The lowest BCUT2D eigenvalue weighted by atomic mass is 10.2. The number of hydrogen-bond donors (Lipinski definition) is 1. The van der Waals surface area contributed by atoms with Gasteiger partial charge in [-0.2, -0.15) is 0 Å². The topological polar surface area (TPSA) is 56.4 Å². The number of rotatable bonds is 2. The number of H-pyrrole nitrogens is 1. The maximum atomic E-state index is 12.0. The molecule has 1 fully saturated rings. The maximum absolute atomic E-state index is 12.0. The molecule has 2 heterocycles. The molecular weight excluding hydrogens is 218 g/mol. The van der Waals surface area contributed by atoms with Gasteiger partial charge in [0.2, 0.25) is 5.91 Å². The number of hydrogen-bond acceptors (Lipinski definition) is 3. The van der Waals surface area contributed by atoms with Crippen LogP contribution in [0.2, 0.25) is 0 Å². The van der Waals surface area contributed by atoms with Crippen LogP contribution in [0, 0.1) is 0 Å². The number of amides is 1. The maximum Gasteiger partial charge on any atom is 0.251 e. The Balaban J connectivity index is 1.98. The van der Waals surface area contributed by atoms with Crippen molar-refractivity contribution in [3.8, 4) is 0 Å². The molecule has 1 saturated heterocycles. The molecule has 17 heavy (non-hydrogen) atoms. The van der Waals surface area contributed by atoms with Crippen molar-refractivity contribution in [1.29, 1.82) is 0 Å². The summed E-state index contributed by atoms with van der Waals surface area (Å²) >= 11 is 0. The summed E-state index contributed by atoms with van der Waals surface area (Å²) in [4.78, 5) is 30.0. The molecule has 0 aromatic carbocycles. The van der Waals surface area contributed by atoms with Crippen molar-refractivity contribution in [2.45, 2.75) is 6.42 Å². The van der Waals surface area contributed by atoms with Gasteiger partial charge in [0.25, 0.3) is 5.56 Å². The molecule has 1 amide bonds. The zero-order chi connectivity index (χ0) is 12.3. The Morgan fingerprint density at radius 1 is 1.35 bits per heavy atom. The fraction of sp³-hybridized carbons (Fsp3) is 0.500. The molecule has 0 spiro atoms. The van der Waals surface area contributed by atoms with Gasteiger partial charge in [-0.25, -0.2) is 0 Å². The van der Waals surface area contributed by atoms with Crippen LogP contribution in [0.1, 0.15) is 5.56 Å². The zero-order valence-corrected chi connectivity index (χ0v) is 9.98. The monoisotopic (exact) mass is 235 g/mol. The van der Waals surface area contributed by atoms with Gasteiger partial charge in [-0.3, -0.25) is 9.59 Å². The molecule has 2 rings (SSSR count). The molecule has 1 aliphatic rings. The van der Waals surface area contributed by atoms with Gasteiger partial charge in [-0.15, -0.1) is 0 Å². The van der Waals surface area contributed by atoms with Gasteiger partial charge in [0.15, 0.2) is 0 Å². The van der Waals surface area contributed by atoms with Crippen LogP contribution in [-0.2, 0) is 11.2 Å². The summed E-state index contributed by atoms with van der Waals surface area (Å²) in [5.41, 5.74) is 0.367. The van der Waals surface area contributed by atoms with Crippen LogP contribution in [0.4, 0.5) is 0 Å². The first-order chi connectivity index (χ1) is 8.16. The molecule has 1 aromatic heterocycles. The van der Waals surface area contributed by atoms with Crippen LogP contribution >= 0.6 is 0 Å². The van der Waals surface area contributed by atoms with Gasteiger partial charge < -0.3 is 14.8 Å². The zero-order valence-electron chi connectivity index (χ0n) is 9.98. The summed E-state index contributed by atoms with van der Waals surface area (Å²) in [7, 11) is 2.05. The van der Waals surface area contributed by atoms with Crippen molar-refractivity contribution in [3.63, 3.8) is 0 Å². The normalized spacial score (nSPS) is 17.1. The summed E-state index contributed by atoms with van der Waals surface area (Å²) in [5, 5.41) is 0. The van der Waals surface area contributed by atoms with E-state index < -0.39 is 0 Å². The summed E-state index contributed by atoms with van der Waals surface area (Å²) < 4.78 is 0. The lowest BCUT2D eigenvalue weighted by Gasteiger charge is -2.32. The number of carbonyl (C=O) groups excluding carboxylic acids is 1. The van der Waals surface area contributed by atoms with Crippen molar-refractivity contribution < 1.29 is 4.79 Å². The number of pyridine rings is 1. The van der Waals surface area contributed by atoms with Crippen molar-refractivity contribution in [2.75, 3.05) is 33.2 Å². The molecule has 5 nitrogen and oxygen atoms in total. The molecule has 1 aliphatic heterocycles. The highest BCUT2D eigenvalue weighted by atomic mass is 16.2. The van der Waals surface area contributed by atoms with E-state index in [1.807, 2.05) is 11.9 Å². The molecule has 1 N–H and O–H groups in total. The van der Waals surface area contributed by atoms with E-state index >= 15 is 0 Å². The van der Waals surface area contributed by atoms with E-state index in [9.17, 15) is 9.59 Å². The lowest BCUT2D eigenvalue weighted by Crippen LogP contribution is -2.47. The number of aromatic nitrogens is 1. The highest BCUT2D eigenvalue weighted by Gasteiger charge is 2.19. The summed E-state index contributed by atoms with van der Waals surface area (Å²) in [6, 6.07) is 3.45. The third kappa shape index (κ3) is 2.94. The van der Waals surface area contributed by atoms with Crippen molar-refractivity contribution in [1.82, 2.24) is 14.8 Å². The molecular formula is C12H17N3O2. The molecule has 0 radical (unpaired) electrons. The Hall–Kier alpha value is -1.62. The second-order valence-electron chi connectivity index (χ2n) is 4.39. The highest BCUT2D eigenvalue weighted by Crippen LogP contribution is 2.02. The Bertz CT molecular complexity index is 447. The summed E-state index contributed by atoms with van der Waals surface area (Å²) in [6.07, 6.45) is 1.77. The van der Waals surface area contributed by atoms with E-state index in [0.717, 1.165) is 26.2 Å². The second-order valence-corrected chi connectivity index (χ2v) is 4.39. The Labute approximate surface area is 100 Å². The number of piperazine rings is 1. The predicted octanol–water partition coefficient (Wildman–Crippen LogP) is -0.309. The minimum Gasteiger partial charge on any atom is -0.340 e. The lowest BCUT2D eigenvalue weighted by molar-refractivity contribution is -0.132. The fourth-order valence-corrected chi connectivity index (χ4v) is 1.93. The standard InChI is InChI=1S/C12H17N3O2/c1-14-5-7-15(8-6-14)11(16)9-10-3-2-4-13-12(10)17/h2-4H,5-9H2,1H3,(H,13,17). The molecule has 5 heteroatoms. The smallest absolute Gasteiger partial charge is 0.251 e. The largest absolute Gasteiger partial charge is 0.340 e. The average molecular weight is 235 g/mol. The van der Waals surface area contributed by atoms with E-state index in [-0.39, 0.29) is 17.9 Å². The first-order valence-electron chi connectivity index (χ1n) is 5.80. The van der Waals surface area contributed by atoms with E-state index in [1.54, 1.807) is 18.3 Å². The highest BCUT2D eigenvalue weighted by molar-refractivity contribution is 5.78. The minimum absolute atomic E-state index is 0.0369. The van der Waals surface area contributed by atoms with Gasteiger partial charge in [0.05, 0.1) is 6.42 Å². The Morgan fingerprint density at radius 2 is 2.06 bits per heavy atom. The third-order valence-electron chi connectivity index (χ3n) is 3.10. The van der Waals surface area contributed by atoms with Gasteiger partial charge in [0, 0.05) is 37.9 Å².